The molecule has 0 saturated carbocycles. The first kappa shape index (κ1) is 16.0. The summed E-state index contributed by atoms with van der Waals surface area (Å²) in [5, 5.41) is 0. The van der Waals surface area contributed by atoms with Gasteiger partial charge in [0.2, 0.25) is 0 Å². The minimum absolute atomic E-state index is 0. The van der Waals surface area contributed by atoms with Gasteiger partial charge in [-0.05, 0) is 12.1 Å². The zero-order chi connectivity index (χ0) is 6.81. The molecule has 1 aliphatic heterocycles. The summed E-state index contributed by atoms with van der Waals surface area (Å²) in [5.74, 6) is 0.991. The summed E-state index contributed by atoms with van der Waals surface area (Å²) < 4.78 is 5.34. The number of ether oxygens (including phenoxy) is 1. The van der Waals surface area contributed by atoms with E-state index in [4.69, 9.17) is 4.74 Å². The van der Waals surface area contributed by atoms with Gasteiger partial charge in [-0.25, -0.2) is 0 Å². The third kappa shape index (κ3) is 4.03. The molecule has 1 aromatic rings. The fourth-order valence-electron chi connectivity index (χ4n) is 1.06. The van der Waals surface area contributed by atoms with Crippen LogP contribution in [0.15, 0.2) is 30.3 Å². The Hall–Kier alpha value is 0.511. The second-order valence-electron chi connectivity index (χ2n) is 2.25. The van der Waals surface area contributed by atoms with Crippen molar-refractivity contribution < 1.29 is 25.8 Å². The van der Waals surface area contributed by atoms with Crippen molar-refractivity contribution in [1.29, 1.82) is 0 Å². The molecular formula is C9H14GeMoOSe. The van der Waals surface area contributed by atoms with Crippen LogP contribution in [-0.2, 0) is 21.1 Å². The number of hydrogen-bond acceptors (Lipinski definition) is 1. The molecule has 0 spiro atoms. The van der Waals surface area contributed by atoms with Crippen molar-refractivity contribution in [1.82, 2.24) is 0 Å². The Kier molecular flexibility index (Phi) is 9.66. The van der Waals surface area contributed by atoms with Crippen LogP contribution in [0.4, 0.5) is 0 Å². The summed E-state index contributed by atoms with van der Waals surface area (Å²) >= 11 is 0. The molecule has 4 heteroatoms. The van der Waals surface area contributed by atoms with Crippen molar-refractivity contribution in [2.75, 3.05) is 6.61 Å². The summed E-state index contributed by atoms with van der Waals surface area (Å²) in [6.45, 7) is 0.705. The van der Waals surface area contributed by atoms with Crippen molar-refractivity contribution in [3.05, 3.63) is 35.9 Å². The molecule has 0 amide bonds. The SMILES string of the molecule is C1=Cc2ccccc2OC1.[GeH4].[Mo].[SeH2]. The Bertz CT molecular complexity index is 278. The normalized spacial score (nSPS) is 10.8. The Morgan fingerprint density at radius 2 is 1.85 bits per heavy atom. The predicted molar refractivity (Wildman–Crippen MR) is 60.8 cm³/mol. The molecule has 72 valence electrons. The first-order chi connectivity index (χ1) is 4.97. The van der Waals surface area contributed by atoms with Gasteiger partial charge in [-0.15, -0.1) is 0 Å². The number of hydrogen-bond donors (Lipinski definition) is 0. The van der Waals surface area contributed by atoms with Crippen LogP contribution in [0.1, 0.15) is 5.56 Å². The Balaban J connectivity index is 0. The van der Waals surface area contributed by atoms with Gasteiger partial charge in [0.1, 0.15) is 12.4 Å². The van der Waals surface area contributed by atoms with Gasteiger partial charge in [0.25, 0.3) is 0 Å². The third-order valence-corrected chi connectivity index (χ3v) is 1.55. The van der Waals surface area contributed by atoms with Gasteiger partial charge in [0.15, 0.2) is 0 Å². The molecule has 0 aromatic heterocycles. The van der Waals surface area contributed by atoms with E-state index in [0.717, 1.165) is 5.75 Å². The van der Waals surface area contributed by atoms with E-state index in [2.05, 4.69) is 6.08 Å². The molecule has 1 aromatic carbocycles. The summed E-state index contributed by atoms with van der Waals surface area (Å²) in [5.41, 5.74) is 1.17. The fourth-order valence-corrected chi connectivity index (χ4v) is 1.06. The average Bonchev–Trinajstić information content (AvgIpc) is 2.05. The van der Waals surface area contributed by atoms with Crippen molar-refractivity contribution >= 4 is 40.7 Å². The number of benzene rings is 1. The van der Waals surface area contributed by atoms with Gasteiger partial charge in [-0.2, -0.15) is 0 Å². The van der Waals surface area contributed by atoms with E-state index in [0.29, 0.717) is 6.61 Å². The van der Waals surface area contributed by atoms with Crippen molar-refractivity contribution in [3.63, 3.8) is 0 Å². The standard InChI is InChI=1S/C9H8O.GeH4.Mo.H2Se/c1-2-6-9-8(4-1)5-3-7-10-9;;;/h1-6H,7H2;1H4;;1H2. The van der Waals surface area contributed by atoms with E-state index in [1.54, 1.807) is 0 Å². The molecule has 0 radical (unpaired) electrons. The monoisotopic (exact) mass is 390 g/mol. The second-order valence-corrected chi connectivity index (χ2v) is 2.25. The summed E-state index contributed by atoms with van der Waals surface area (Å²) in [7, 11) is 0. The zero-order valence-electron chi connectivity index (χ0n) is 6.49. The molecule has 13 heavy (non-hydrogen) atoms. The molecule has 0 unspecified atom stereocenters. The van der Waals surface area contributed by atoms with E-state index >= 15 is 0 Å². The second kappa shape index (κ2) is 7.87. The van der Waals surface area contributed by atoms with Crippen LogP contribution in [0, 0.1) is 0 Å². The van der Waals surface area contributed by atoms with Crippen molar-refractivity contribution in [2.45, 2.75) is 0 Å². The predicted octanol–water partition coefficient (Wildman–Crippen LogP) is -0.278. The van der Waals surface area contributed by atoms with Gasteiger partial charge in [-0.1, -0.05) is 24.3 Å². The molecule has 1 heterocycles. The van der Waals surface area contributed by atoms with E-state index < -0.39 is 0 Å². The zero-order valence-corrected chi connectivity index (χ0v) is 10.6. The van der Waals surface area contributed by atoms with E-state index in [1.807, 2.05) is 30.3 Å². The maximum atomic E-state index is 5.34. The molecule has 0 saturated heterocycles. The van der Waals surface area contributed by atoms with Crippen LogP contribution in [0.5, 0.6) is 5.75 Å². The van der Waals surface area contributed by atoms with Crippen molar-refractivity contribution in [3.8, 4) is 5.75 Å². The van der Waals surface area contributed by atoms with Crippen LogP contribution in [0.3, 0.4) is 0 Å². The van der Waals surface area contributed by atoms with Crippen LogP contribution < -0.4 is 4.74 Å². The summed E-state index contributed by atoms with van der Waals surface area (Å²) in [6, 6.07) is 8.03. The van der Waals surface area contributed by atoms with Crippen LogP contribution in [0.2, 0.25) is 0 Å². The first-order valence-corrected chi connectivity index (χ1v) is 3.35. The summed E-state index contributed by atoms with van der Waals surface area (Å²) in [6.07, 6.45) is 4.10. The topological polar surface area (TPSA) is 9.23 Å². The maximum absolute atomic E-state index is 5.34. The molecule has 2 rings (SSSR count). The molecule has 0 fully saturated rings. The molecule has 0 bridgehead atoms. The summed E-state index contributed by atoms with van der Waals surface area (Å²) in [4.78, 5) is 0. The van der Waals surface area contributed by atoms with E-state index in [1.165, 1.54) is 5.56 Å². The average molecular weight is 386 g/mol. The van der Waals surface area contributed by atoms with Gasteiger partial charge >= 0.3 is 34.7 Å². The molecule has 0 N–H and O–H groups in total. The van der Waals surface area contributed by atoms with Gasteiger partial charge in [0, 0.05) is 26.6 Å². The fraction of sp³-hybridized carbons (Fsp3) is 0.111. The van der Waals surface area contributed by atoms with E-state index in [-0.39, 0.29) is 55.7 Å². The Labute approximate surface area is 114 Å². The van der Waals surface area contributed by atoms with Gasteiger partial charge in [0.05, 0.1) is 0 Å². The molecule has 0 aliphatic carbocycles. The van der Waals surface area contributed by atoms with Crippen LogP contribution in [0.25, 0.3) is 6.08 Å². The third-order valence-electron chi connectivity index (χ3n) is 1.55. The van der Waals surface area contributed by atoms with Crippen molar-refractivity contribution in [2.24, 2.45) is 0 Å². The number of rotatable bonds is 0. The van der Waals surface area contributed by atoms with Crippen LogP contribution in [-0.4, -0.2) is 41.3 Å². The first-order valence-electron chi connectivity index (χ1n) is 3.35. The number of para-hydroxylation sites is 1. The minimum atomic E-state index is 0. The number of fused-ring (bicyclic) bond motifs is 1. The van der Waals surface area contributed by atoms with Gasteiger partial charge in [-0.3, -0.25) is 0 Å². The van der Waals surface area contributed by atoms with Crippen LogP contribution >= 0.6 is 0 Å². The van der Waals surface area contributed by atoms with E-state index in [9.17, 15) is 0 Å². The molecule has 1 aliphatic rings. The molecule has 1 nitrogen and oxygen atoms in total. The Morgan fingerprint density at radius 3 is 2.54 bits per heavy atom. The quantitative estimate of drug-likeness (QED) is 0.558. The Morgan fingerprint density at radius 1 is 1.15 bits per heavy atom. The van der Waals surface area contributed by atoms with Gasteiger partial charge < -0.3 is 4.74 Å². The molecule has 0 atom stereocenters. The molecular weight excluding hydrogens is 372 g/mol.